The topological polar surface area (TPSA) is 86.5 Å². The summed E-state index contributed by atoms with van der Waals surface area (Å²) in [7, 11) is 0. The van der Waals surface area contributed by atoms with E-state index < -0.39 is 24.3 Å². The highest BCUT2D eigenvalue weighted by Crippen LogP contribution is 2.42. The number of ether oxygens (including phenoxy) is 4. The van der Waals surface area contributed by atoms with Crippen molar-refractivity contribution in [2.75, 3.05) is 6.54 Å². The molecular formula is C11H19NO5. The molecule has 0 aromatic heterocycles. The van der Waals surface area contributed by atoms with E-state index in [1.54, 1.807) is 13.8 Å². The lowest BCUT2D eigenvalue weighted by molar-refractivity contribution is -0.216. The Morgan fingerprint density at radius 3 is 2.53 bits per heavy atom. The first-order chi connectivity index (χ1) is 8.02. The predicted octanol–water partition coefficient (Wildman–Crippen LogP) is -0.660. The van der Waals surface area contributed by atoms with Gasteiger partial charge in [0, 0.05) is 0 Å². The first kappa shape index (κ1) is 11.8. The van der Waals surface area contributed by atoms with Crippen molar-refractivity contribution in [3.63, 3.8) is 0 Å². The molecule has 3 aliphatic heterocycles. The van der Waals surface area contributed by atoms with Gasteiger partial charge in [-0.3, -0.25) is 0 Å². The van der Waals surface area contributed by atoms with Crippen LogP contribution in [0.5, 0.6) is 0 Å². The maximum absolute atomic E-state index is 10.1. The second kappa shape index (κ2) is 3.88. The Kier molecular flexibility index (Phi) is 2.70. The second-order valence-electron chi connectivity index (χ2n) is 5.28. The largest absolute Gasteiger partial charge is 0.387 e. The molecule has 6 atom stereocenters. The number of fused-ring (bicyclic) bond motifs is 1. The van der Waals surface area contributed by atoms with Crippen LogP contribution >= 0.6 is 0 Å². The third kappa shape index (κ3) is 1.99. The SMILES string of the molecule is CC1(C)O[C@H]2O[C@H]([C@H]3O[C@@H]3CCN)[C@H](O)[C@H]2O1. The van der Waals surface area contributed by atoms with Crippen molar-refractivity contribution >= 4 is 0 Å². The molecule has 17 heavy (non-hydrogen) atoms. The number of hydrogen-bond donors (Lipinski definition) is 2. The van der Waals surface area contributed by atoms with Crippen molar-refractivity contribution in [2.24, 2.45) is 5.73 Å². The van der Waals surface area contributed by atoms with Gasteiger partial charge in [0.2, 0.25) is 0 Å². The van der Waals surface area contributed by atoms with E-state index in [0.29, 0.717) is 6.54 Å². The van der Waals surface area contributed by atoms with Crippen molar-refractivity contribution in [3.8, 4) is 0 Å². The molecule has 0 amide bonds. The Labute approximate surface area is 100.0 Å². The van der Waals surface area contributed by atoms with Crippen LogP contribution in [-0.4, -0.2) is 54.2 Å². The number of aliphatic hydroxyl groups is 1. The highest BCUT2D eigenvalue weighted by molar-refractivity contribution is 5.03. The van der Waals surface area contributed by atoms with E-state index in [9.17, 15) is 5.11 Å². The fourth-order valence-corrected chi connectivity index (χ4v) is 2.63. The summed E-state index contributed by atoms with van der Waals surface area (Å²) in [5, 5.41) is 10.1. The van der Waals surface area contributed by atoms with Gasteiger partial charge in [0.15, 0.2) is 12.1 Å². The fourth-order valence-electron chi connectivity index (χ4n) is 2.63. The number of aliphatic hydroxyl groups excluding tert-OH is 1. The molecule has 0 aromatic carbocycles. The Morgan fingerprint density at radius 1 is 1.12 bits per heavy atom. The van der Waals surface area contributed by atoms with Gasteiger partial charge in [0.25, 0.3) is 0 Å². The normalized spacial score (nSPS) is 51.5. The number of rotatable bonds is 3. The lowest BCUT2D eigenvalue weighted by atomic mass is 10.1. The summed E-state index contributed by atoms with van der Waals surface area (Å²) >= 11 is 0. The van der Waals surface area contributed by atoms with E-state index in [-0.39, 0.29) is 18.3 Å². The van der Waals surface area contributed by atoms with Crippen LogP contribution in [0.4, 0.5) is 0 Å². The van der Waals surface area contributed by atoms with Gasteiger partial charge in [0.1, 0.15) is 24.4 Å². The van der Waals surface area contributed by atoms with E-state index in [1.165, 1.54) is 0 Å². The monoisotopic (exact) mass is 245 g/mol. The van der Waals surface area contributed by atoms with Crippen LogP contribution in [0, 0.1) is 0 Å². The highest BCUT2D eigenvalue weighted by Gasteiger charge is 2.60. The van der Waals surface area contributed by atoms with Gasteiger partial charge < -0.3 is 29.8 Å². The standard InChI is InChI=1S/C11H19NO5/c1-11(2)16-9-6(13)8(15-10(9)17-11)7-5(14-7)3-4-12/h5-10,13H,3-4,12H2,1-2H3/t5-,6+,7+,8+,9-,10-/m1/s1. The van der Waals surface area contributed by atoms with E-state index in [4.69, 9.17) is 24.7 Å². The van der Waals surface area contributed by atoms with Crippen LogP contribution < -0.4 is 5.73 Å². The van der Waals surface area contributed by atoms with Crippen molar-refractivity contribution in [1.82, 2.24) is 0 Å². The van der Waals surface area contributed by atoms with Gasteiger partial charge in [-0.2, -0.15) is 0 Å². The van der Waals surface area contributed by atoms with Crippen LogP contribution in [0.3, 0.4) is 0 Å². The smallest absolute Gasteiger partial charge is 0.190 e. The number of hydrogen-bond acceptors (Lipinski definition) is 6. The summed E-state index contributed by atoms with van der Waals surface area (Å²) in [6.45, 7) is 4.19. The summed E-state index contributed by atoms with van der Waals surface area (Å²) in [6.07, 6.45) is -1.15. The van der Waals surface area contributed by atoms with E-state index in [0.717, 1.165) is 6.42 Å². The molecule has 98 valence electrons. The van der Waals surface area contributed by atoms with Gasteiger partial charge in [-0.15, -0.1) is 0 Å². The van der Waals surface area contributed by atoms with Crippen molar-refractivity contribution < 1.29 is 24.1 Å². The predicted molar refractivity (Wildman–Crippen MR) is 57.0 cm³/mol. The molecule has 3 rings (SSSR count). The minimum atomic E-state index is -0.699. The Bertz CT molecular complexity index is 310. The van der Waals surface area contributed by atoms with E-state index in [1.807, 2.05) is 0 Å². The van der Waals surface area contributed by atoms with Gasteiger partial charge in [-0.1, -0.05) is 0 Å². The molecular weight excluding hydrogens is 226 g/mol. The minimum Gasteiger partial charge on any atom is -0.387 e. The third-order valence-electron chi connectivity index (χ3n) is 3.45. The molecule has 3 saturated heterocycles. The molecule has 0 aromatic rings. The van der Waals surface area contributed by atoms with E-state index in [2.05, 4.69) is 0 Å². The van der Waals surface area contributed by atoms with Gasteiger partial charge in [-0.05, 0) is 26.8 Å². The van der Waals surface area contributed by atoms with Crippen LogP contribution in [0.25, 0.3) is 0 Å². The zero-order valence-electron chi connectivity index (χ0n) is 10.0. The molecule has 6 heteroatoms. The lowest BCUT2D eigenvalue weighted by Gasteiger charge is -2.22. The fraction of sp³-hybridized carbons (Fsp3) is 1.00. The Morgan fingerprint density at radius 2 is 1.88 bits per heavy atom. The molecule has 0 unspecified atom stereocenters. The molecule has 6 nitrogen and oxygen atoms in total. The van der Waals surface area contributed by atoms with Gasteiger partial charge >= 0.3 is 0 Å². The molecule has 3 aliphatic rings. The van der Waals surface area contributed by atoms with Crippen molar-refractivity contribution in [1.29, 1.82) is 0 Å². The second-order valence-corrected chi connectivity index (χ2v) is 5.28. The van der Waals surface area contributed by atoms with Crippen LogP contribution in [0.15, 0.2) is 0 Å². The molecule has 3 N–H and O–H groups in total. The molecule has 0 aliphatic carbocycles. The summed E-state index contributed by atoms with van der Waals surface area (Å²) in [6, 6.07) is 0. The van der Waals surface area contributed by atoms with Crippen molar-refractivity contribution in [2.45, 2.75) is 62.9 Å². The van der Waals surface area contributed by atoms with E-state index >= 15 is 0 Å². The lowest BCUT2D eigenvalue weighted by Crippen LogP contribution is -2.37. The first-order valence-electron chi connectivity index (χ1n) is 6.06. The van der Waals surface area contributed by atoms with Gasteiger partial charge in [-0.25, -0.2) is 0 Å². The average Bonchev–Trinajstić information content (AvgIpc) is 2.84. The third-order valence-corrected chi connectivity index (χ3v) is 3.45. The Balaban J connectivity index is 1.62. The molecule has 0 bridgehead atoms. The zero-order valence-corrected chi connectivity index (χ0v) is 10.0. The molecule has 0 radical (unpaired) electrons. The number of nitrogens with two attached hydrogens (primary N) is 1. The van der Waals surface area contributed by atoms with Gasteiger partial charge in [0.05, 0.1) is 6.10 Å². The highest BCUT2D eigenvalue weighted by atomic mass is 16.8. The first-order valence-corrected chi connectivity index (χ1v) is 6.06. The minimum absolute atomic E-state index is 0.0746. The molecule has 0 spiro atoms. The zero-order chi connectivity index (χ0) is 12.2. The summed E-state index contributed by atoms with van der Waals surface area (Å²) in [5.74, 6) is -0.692. The Hall–Kier alpha value is -0.240. The quantitative estimate of drug-likeness (QED) is 0.642. The van der Waals surface area contributed by atoms with Crippen molar-refractivity contribution in [3.05, 3.63) is 0 Å². The molecule has 3 fully saturated rings. The van der Waals surface area contributed by atoms with Crippen LogP contribution in [-0.2, 0) is 18.9 Å². The van der Waals surface area contributed by atoms with Crippen LogP contribution in [0.1, 0.15) is 20.3 Å². The summed E-state index contributed by atoms with van der Waals surface area (Å²) < 4.78 is 22.3. The summed E-state index contributed by atoms with van der Waals surface area (Å²) in [5.41, 5.74) is 5.46. The number of epoxide rings is 1. The summed E-state index contributed by atoms with van der Waals surface area (Å²) in [4.78, 5) is 0. The maximum Gasteiger partial charge on any atom is 0.190 e. The molecule has 0 saturated carbocycles. The molecule has 3 heterocycles. The van der Waals surface area contributed by atoms with Crippen LogP contribution in [0.2, 0.25) is 0 Å². The average molecular weight is 245 g/mol. The maximum atomic E-state index is 10.1.